The minimum Gasteiger partial charge on any atom is -0.394 e. The lowest BCUT2D eigenvalue weighted by Gasteiger charge is -2.07. The molecule has 0 aliphatic carbocycles. The first-order valence-corrected chi connectivity index (χ1v) is 7.05. The van der Waals surface area contributed by atoms with E-state index in [2.05, 4.69) is 5.32 Å². The van der Waals surface area contributed by atoms with Gasteiger partial charge in [-0.3, -0.25) is 4.79 Å². The fraction of sp³-hybridized carbons (Fsp3) is 0.462. The molecule has 1 amide bonds. The van der Waals surface area contributed by atoms with E-state index in [0.29, 0.717) is 18.1 Å². The third-order valence-corrected chi connectivity index (χ3v) is 3.42. The van der Waals surface area contributed by atoms with Gasteiger partial charge < -0.3 is 15.5 Å². The molecular formula is C13H19NO3S. The maximum absolute atomic E-state index is 11.4. The van der Waals surface area contributed by atoms with Gasteiger partial charge in [-0.15, -0.1) is 11.8 Å². The third-order valence-electron chi connectivity index (χ3n) is 2.33. The van der Waals surface area contributed by atoms with E-state index in [1.807, 2.05) is 30.3 Å². The standard InChI is InChI=1S/C13H19NO3S/c15-8-12(16)9-18-10-13(17)14-7-6-11-4-2-1-3-5-11/h1-5,12,15-16H,6-10H2,(H,14,17). The minimum absolute atomic E-state index is 0.0407. The summed E-state index contributed by atoms with van der Waals surface area (Å²) in [6.07, 6.45) is 0.0726. The summed E-state index contributed by atoms with van der Waals surface area (Å²) in [6, 6.07) is 9.97. The van der Waals surface area contributed by atoms with Gasteiger partial charge >= 0.3 is 0 Å². The number of aliphatic hydroxyl groups is 2. The second-order valence-electron chi connectivity index (χ2n) is 3.94. The van der Waals surface area contributed by atoms with Crippen molar-refractivity contribution in [1.29, 1.82) is 0 Å². The summed E-state index contributed by atoms with van der Waals surface area (Å²) in [7, 11) is 0. The Morgan fingerprint density at radius 3 is 2.72 bits per heavy atom. The summed E-state index contributed by atoms with van der Waals surface area (Å²) in [4.78, 5) is 11.4. The number of benzene rings is 1. The number of hydrogen-bond acceptors (Lipinski definition) is 4. The van der Waals surface area contributed by atoms with E-state index in [-0.39, 0.29) is 12.5 Å². The molecule has 1 rings (SSSR count). The average Bonchev–Trinajstić information content (AvgIpc) is 2.39. The second kappa shape index (κ2) is 8.97. The molecule has 100 valence electrons. The summed E-state index contributed by atoms with van der Waals surface area (Å²) in [5.74, 6) is 0.648. The Kier molecular flexibility index (Phi) is 7.48. The van der Waals surface area contributed by atoms with Gasteiger partial charge in [-0.25, -0.2) is 0 Å². The van der Waals surface area contributed by atoms with Crippen LogP contribution in [0.25, 0.3) is 0 Å². The van der Waals surface area contributed by atoms with Crippen molar-refractivity contribution in [2.75, 3.05) is 24.7 Å². The molecule has 1 atom stereocenters. The number of aliphatic hydroxyl groups excluding tert-OH is 2. The Bertz CT molecular complexity index is 345. The molecule has 0 saturated heterocycles. The Hall–Kier alpha value is -1.04. The molecule has 0 fully saturated rings. The first-order chi connectivity index (χ1) is 8.72. The van der Waals surface area contributed by atoms with Crippen molar-refractivity contribution < 1.29 is 15.0 Å². The molecule has 0 aliphatic heterocycles. The van der Waals surface area contributed by atoms with Gasteiger partial charge in [0.05, 0.1) is 18.5 Å². The number of rotatable bonds is 8. The van der Waals surface area contributed by atoms with Gasteiger partial charge in [-0.05, 0) is 12.0 Å². The van der Waals surface area contributed by atoms with Crippen LogP contribution < -0.4 is 5.32 Å². The molecule has 0 bridgehead atoms. The van der Waals surface area contributed by atoms with Crippen molar-refractivity contribution in [3.05, 3.63) is 35.9 Å². The van der Waals surface area contributed by atoms with Gasteiger partial charge in [-0.1, -0.05) is 30.3 Å². The smallest absolute Gasteiger partial charge is 0.230 e. The van der Waals surface area contributed by atoms with E-state index >= 15 is 0 Å². The number of hydrogen-bond donors (Lipinski definition) is 3. The van der Waals surface area contributed by atoms with Gasteiger partial charge in [0.2, 0.25) is 5.91 Å². The highest BCUT2D eigenvalue weighted by Gasteiger charge is 2.05. The van der Waals surface area contributed by atoms with Gasteiger partial charge in [-0.2, -0.15) is 0 Å². The lowest BCUT2D eigenvalue weighted by Crippen LogP contribution is -2.28. The van der Waals surface area contributed by atoms with Crippen LogP contribution in [0.5, 0.6) is 0 Å². The fourth-order valence-electron chi connectivity index (χ4n) is 1.38. The summed E-state index contributed by atoms with van der Waals surface area (Å²) < 4.78 is 0. The molecule has 3 N–H and O–H groups in total. The van der Waals surface area contributed by atoms with Gasteiger partial charge in [0.25, 0.3) is 0 Å². The van der Waals surface area contributed by atoms with E-state index in [0.717, 1.165) is 6.42 Å². The van der Waals surface area contributed by atoms with E-state index in [1.54, 1.807) is 0 Å². The molecule has 0 aliphatic rings. The van der Waals surface area contributed by atoms with Crippen molar-refractivity contribution in [3.8, 4) is 0 Å². The van der Waals surface area contributed by atoms with Crippen LogP contribution in [0, 0.1) is 0 Å². The van der Waals surface area contributed by atoms with Crippen LogP contribution in [-0.2, 0) is 11.2 Å². The van der Waals surface area contributed by atoms with Gasteiger partial charge in [0, 0.05) is 12.3 Å². The molecule has 1 aromatic rings. The highest BCUT2D eigenvalue weighted by Crippen LogP contribution is 2.02. The molecule has 0 saturated carbocycles. The van der Waals surface area contributed by atoms with Crippen LogP contribution >= 0.6 is 11.8 Å². The number of amides is 1. The molecule has 0 spiro atoms. The van der Waals surface area contributed by atoms with Crippen molar-refractivity contribution in [3.63, 3.8) is 0 Å². The first kappa shape index (κ1) is 15.0. The Labute approximate surface area is 111 Å². The summed E-state index contributed by atoms with van der Waals surface area (Å²) >= 11 is 1.32. The van der Waals surface area contributed by atoms with E-state index < -0.39 is 6.10 Å². The Morgan fingerprint density at radius 1 is 1.33 bits per heavy atom. The maximum Gasteiger partial charge on any atom is 0.230 e. The van der Waals surface area contributed by atoms with Crippen LogP contribution in [-0.4, -0.2) is 46.9 Å². The number of carbonyl (C=O) groups excluding carboxylic acids is 1. The normalized spacial score (nSPS) is 12.1. The zero-order valence-electron chi connectivity index (χ0n) is 10.2. The van der Waals surface area contributed by atoms with E-state index in [1.165, 1.54) is 17.3 Å². The zero-order chi connectivity index (χ0) is 13.2. The Balaban J connectivity index is 2.07. The first-order valence-electron chi connectivity index (χ1n) is 5.89. The van der Waals surface area contributed by atoms with E-state index in [9.17, 15) is 4.79 Å². The number of carbonyl (C=O) groups is 1. The number of nitrogens with one attached hydrogen (secondary N) is 1. The lowest BCUT2D eigenvalue weighted by molar-refractivity contribution is -0.118. The predicted molar refractivity (Wildman–Crippen MR) is 73.6 cm³/mol. The topological polar surface area (TPSA) is 69.6 Å². The molecule has 4 nitrogen and oxygen atoms in total. The third kappa shape index (κ3) is 6.64. The lowest BCUT2D eigenvalue weighted by atomic mass is 10.1. The van der Waals surface area contributed by atoms with Crippen molar-refractivity contribution in [2.45, 2.75) is 12.5 Å². The minimum atomic E-state index is -0.743. The van der Waals surface area contributed by atoms with E-state index in [4.69, 9.17) is 10.2 Å². The summed E-state index contributed by atoms with van der Waals surface area (Å²) in [5, 5.41) is 20.5. The van der Waals surface area contributed by atoms with Crippen LogP contribution in [0.2, 0.25) is 0 Å². The van der Waals surface area contributed by atoms with Gasteiger partial charge in [0.1, 0.15) is 0 Å². The summed E-state index contributed by atoms with van der Waals surface area (Å²) in [5.41, 5.74) is 1.20. The molecule has 1 aromatic carbocycles. The molecular weight excluding hydrogens is 250 g/mol. The van der Waals surface area contributed by atoms with Crippen LogP contribution in [0.3, 0.4) is 0 Å². The van der Waals surface area contributed by atoms with Crippen molar-refractivity contribution >= 4 is 17.7 Å². The average molecular weight is 269 g/mol. The van der Waals surface area contributed by atoms with Crippen molar-refractivity contribution in [1.82, 2.24) is 5.32 Å². The predicted octanol–water partition coefficient (Wildman–Crippen LogP) is 0.432. The monoisotopic (exact) mass is 269 g/mol. The molecule has 5 heteroatoms. The quantitative estimate of drug-likeness (QED) is 0.640. The van der Waals surface area contributed by atoms with Crippen LogP contribution in [0.1, 0.15) is 5.56 Å². The molecule has 0 aromatic heterocycles. The fourth-order valence-corrected chi connectivity index (χ4v) is 2.17. The van der Waals surface area contributed by atoms with Crippen molar-refractivity contribution in [2.24, 2.45) is 0 Å². The van der Waals surface area contributed by atoms with Crippen LogP contribution in [0.4, 0.5) is 0 Å². The highest BCUT2D eigenvalue weighted by molar-refractivity contribution is 7.99. The number of thioether (sulfide) groups is 1. The summed E-state index contributed by atoms with van der Waals surface area (Å²) in [6.45, 7) is 0.356. The highest BCUT2D eigenvalue weighted by atomic mass is 32.2. The van der Waals surface area contributed by atoms with Gasteiger partial charge in [0.15, 0.2) is 0 Å². The molecule has 1 unspecified atom stereocenters. The largest absolute Gasteiger partial charge is 0.394 e. The maximum atomic E-state index is 11.4. The molecule has 0 radical (unpaired) electrons. The second-order valence-corrected chi connectivity index (χ2v) is 4.97. The Morgan fingerprint density at radius 2 is 2.06 bits per heavy atom. The molecule has 0 heterocycles. The SMILES string of the molecule is O=C(CSCC(O)CO)NCCc1ccccc1. The van der Waals surface area contributed by atoms with Crippen LogP contribution in [0.15, 0.2) is 30.3 Å². The molecule has 18 heavy (non-hydrogen) atoms. The zero-order valence-corrected chi connectivity index (χ0v) is 11.0.